The molecule has 1 unspecified atom stereocenters. The Balaban J connectivity index is 1.69. The summed E-state index contributed by atoms with van der Waals surface area (Å²) in [5, 5.41) is 19.3. The van der Waals surface area contributed by atoms with Gasteiger partial charge in [-0.1, -0.05) is 0 Å². The molecule has 7 nitrogen and oxygen atoms in total. The van der Waals surface area contributed by atoms with Gasteiger partial charge in [0.1, 0.15) is 17.3 Å². The molecule has 152 valence electrons. The van der Waals surface area contributed by atoms with Crippen molar-refractivity contribution in [1.29, 1.82) is 0 Å². The van der Waals surface area contributed by atoms with E-state index in [2.05, 4.69) is 10.2 Å². The molecular weight excluding hydrogens is 394 g/mol. The van der Waals surface area contributed by atoms with Gasteiger partial charge in [0.2, 0.25) is 0 Å². The summed E-state index contributed by atoms with van der Waals surface area (Å²) < 4.78 is 54.0. The first-order chi connectivity index (χ1) is 13.7. The minimum Gasteiger partial charge on any atom is -0.365 e. The van der Waals surface area contributed by atoms with Gasteiger partial charge in [-0.15, -0.1) is 10.2 Å². The number of aromatic nitrogens is 3. The fourth-order valence-corrected chi connectivity index (χ4v) is 3.67. The predicted octanol–water partition coefficient (Wildman–Crippen LogP) is 4.18. The molecule has 1 aliphatic heterocycles. The molecule has 0 N–H and O–H groups in total. The van der Waals surface area contributed by atoms with Gasteiger partial charge in [-0.3, -0.25) is 14.5 Å². The summed E-state index contributed by atoms with van der Waals surface area (Å²) in [7, 11) is 0. The molecule has 1 saturated heterocycles. The number of fused-ring (bicyclic) bond motifs is 1. The van der Waals surface area contributed by atoms with Crippen molar-refractivity contribution in [2.75, 3.05) is 18.0 Å². The molecule has 0 bridgehead atoms. The number of anilines is 1. The second-order valence-electron chi connectivity index (χ2n) is 6.88. The lowest BCUT2D eigenvalue weighted by Gasteiger charge is -2.33. The summed E-state index contributed by atoms with van der Waals surface area (Å²) >= 11 is 0. The Morgan fingerprint density at radius 2 is 1.97 bits per heavy atom. The second-order valence-corrected chi connectivity index (χ2v) is 6.88. The van der Waals surface area contributed by atoms with E-state index in [1.807, 2.05) is 0 Å². The van der Waals surface area contributed by atoms with Gasteiger partial charge in [0, 0.05) is 25.2 Å². The number of rotatable bonds is 3. The Morgan fingerprint density at radius 1 is 1.17 bits per heavy atom. The van der Waals surface area contributed by atoms with Crippen molar-refractivity contribution in [3.63, 3.8) is 0 Å². The molecule has 2 aromatic heterocycles. The highest BCUT2D eigenvalue weighted by Gasteiger charge is 2.33. The number of hydrogen-bond donors (Lipinski definition) is 0. The maximum absolute atomic E-state index is 13.4. The summed E-state index contributed by atoms with van der Waals surface area (Å²) in [5.41, 5.74) is -0.604. The maximum Gasteiger partial charge on any atom is 0.417 e. The standard InChI is InChI=1S/C18H15F4N5O2/c19-13-4-5-14(15(8-13)27(28)29)25-7-1-2-11(9-25)17-24-23-16-6-3-12(10-26(16)17)18(20,21)22/h3-6,8,10-11H,1-2,7,9H2. The highest BCUT2D eigenvalue weighted by atomic mass is 19.4. The van der Waals surface area contributed by atoms with E-state index in [1.165, 1.54) is 16.5 Å². The third-order valence-electron chi connectivity index (χ3n) is 5.02. The van der Waals surface area contributed by atoms with Crippen LogP contribution >= 0.6 is 0 Å². The van der Waals surface area contributed by atoms with Crippen LogP contribution in [0.3, 0.4) is 0 Å². The molecule has 11 heteroatoms. The van der Waals surface area contributed by atoms with Crippen LogP contribution in [0.25, 0.3) is 5.65 Å². The number of halogens is 4. The highest BCUT2D eigenvalue weighted by Crippen LogP contribution is 2.35. The van der Waals surface area contributed by atoms with Crippen molar-refractivity contribution >= 4 is 17.0 Å². The van der Waals surface area contributed by atoms with Crippen molar-refractivity contribution in [3.8, 4) is 0 Å². The van der Waals surface area contributed by atoms with Crippen molar-refractivity contribution in [2.24, 2.45) is 0 Å². The average molecular weight is 409 g/mol. The van der Waals surface area contributed by atoms with Gasteiger partial charge in [0.25, 0.3) is 5.69 Å². The molecule has 3 aromatic rings. The number of hydrogen-bond acceptors (Lipinski definition) is 5. The predicted molar refractivity (Wildman–Crippen MR) is 95.2 cm³/mol. The lowest BCUT2D eigenvalue weighted by molar-refractivity contribution is -0.384. The molecule has 1 aliphatic rings. The molecule has 0 spiro atoms. The summed E-state index contributed by atoms with van der Waals surface area (Å²) in [4.78, 5) is 12.4. The molecule has 4 rings (SSSR count). The number of nitro benzene ring substituents is 1. The van der Waals surface area contributed by atoms with Crippen LogP contribution in [0.1, 0.15) is 30.1 Å². The first kappa shape index (κ1) is 19.1. The molecule has 0 radical (unpaired) electrons. The lowest BCUT2D eigenvalue weighted by atomic mass is 9.96. The maximum atomic E-state index is 13.4. The minimum absolute atomic E-state index is 0.269. The number of piperidine rings is 1. The fourth-order valence-electron chi connectivity index (χ4n) is 3.67. The SMILES string of the molecule is O=[N+]([O-])c1cc(F)ccc1N1CCCC(c2nnc3ccc(C(F)(F)F)cn23)C1. The Hall–Kier alpha value is -3.24. The monoisotopic (exact) mass is 409 g/mol. The third-order valence-corrected chi connectivity index (χ3v) is 5.02. The van der Waals surface area contributed by atoms with E-state index in [1.54, 1.807) is 4.90 Å². The Bertz CT molecular complexity index is 1080. The van der Waals surface area contributed by atoms with Crippen LogP contribution in [0, 0.1) is 15.9 Å². The van der Waals surface area contributed by atoms with E-state index in [-0.39, 0.29) is 22.9 Å². The van der Waals surface area contributed by atoms with Gasteiger partial charge >= 0.3 is 6.18 Å². The van der Waals surface area contributed by atoms with E-state index in [0.717, 1.165) is 24.4 Å². The van der Waals surface area contributed by atoms with Crippen molar-refractivity contribution in [3.05, 3.63) is 63.8 Å². The zero-order valence-corrected chi connectivity index (χ0v) is 14.9. The van der Waals surface area contributed by atoms with E-state index in [9.17, 15) is 27.7 Å². The van der Waals surface area contributed by atoms with E-state index in [0.29, 0.717) is 31.8 Å². The van der Waals surface area contributed by atoms with Crippen LogP contribution in [0.5, 0.6) is 0 Å². The van der Waals surface area contributed by atoms with Crippen molar-refractivity contribution < 1.29 is 22.5 Å². The number of nitrogens with zero attached hydrogens (tertiary/aromatic N) is 5. The molecule has 1 aromatic carbocycles. The van der Waals surface area contributed by atoms with Crippen LogP contribution in [0.4, 0.5) is 28.9 Å². The molecule has 29 heavy (non-hydrogen) atoms. The fraction of sp³-hybridized carbons (Fsp3) is 0.333. The number of nitro groups is 1. The summed E-state index contributed by atoms with van der Waals surface area (Å²) in [6.45, 7) is 0.803. The zero-order valence-electron chi connectivity index (χ0n) is 14.9. The first-order valence-electron chi connectivity index (χ1n) is 8.85. The number of alkyl halides is 3. The van der Waals surface area contributed by atoms with Gasteiger partial charge in [-0.05, 0) is 37.1 Å². The Labute approximate surface area is 161 Å². The molecule has 1 atom stereocenters. The Kier molecular flexibility index (Phi) is 4.59. The smallest absolute Gasteiger partial charge is 0.365 e. The van der Waals surface area contributed by atoms with Crippen molar-refractivity contribution in [1.82, 2.24) is 14.6 Å². The molecule has 0 saturated carbocycles. The lowest BCUT2D eigenvalue weighted by Crippen LogP contribution is -2.35. The van der Waals surface area contributed by atoms with Crippen LogP contribution in [0.2, 0.25) is 0 Å². The van der Waals surface area contributed by atoms with Gasteiger partial charge in [0.15, 0.2) is 5.65 Å². The van der Waals surface area contributed by atoms with Crippen LogP contribution in [-0.4, -0.2) is 32.6 Å². The average Bonchev–Trinajstić information content (AvgIpc) is 3.10. The quantitative estimate of drug-likeness (QED) is 0.369. The highest BCUT2D eigenvalue weighted by molar-refractivity contribution is 5.63. The minimum atomic E-state index is -4.50. The van der Waals surface area contributed by atoms with Gasteiger partial charge in [-0.2, -0.15) is 13.2 Å². The molecule has 0 amide bonds. The van der Waals surface area contributed by atoms with Crippen LogP contribution in [-0.2, 0) is 6.18 Å². The Morgan fingerprint density at radius 3 is 2.69 bits per heavy atom. The normalized spacial score (nSPS) is 17.7. The number of pyridine rings is 1. The van der Waals surface area contributed by atoms with Gasteiger partial charge in [-0.25, -0.2) is 4.39 Å². The summed E-state index contributed by atoms with van der Waals surface area (Å²) in [6.07, 6.45) is -2.25. The largest absolute Gasteiger partial charge is 0.417 e. The molecular formula is C18H15F4N5O2. The zero-order chi connectivity index (χ0) is 20.8. The second kappa shape index (κ2) is 6.98. The molecule has 3 heterocycles. The summed E-state index contributed by atoms with van der Waals surface area (Å²) in [5.74, 6) is -0.635. The topological polar surface area (TPSA) is 76.6 Å². The summed E-state index contributed by atoms with van der Waals surface area (Å²) in [6, 6.07) is 5.56. The van der Waals surface area contributed by atoms with Gasteiger partial charge in [0.05, 0.1) is 16.6 Å². The molecule has 0 aliphatic carbocycles. The van der Waals surface area contributed by atoms with Crippen LogP contribution in [0.15, 0.2) is 36.5 Å². The number of benzene rings is 1. The third kappa shape index (κ3) is 3.59. The van der Waals surface area contributed by atoms with E-state index >= 15 is 0 Å². The van der Waals surface area contributed by atoms with Gasteiger partial charge < -0.3 is 4.90 Å². The van der Waals surface area contributed by atoms with E-state index in [4.69, 9.17) is 0 Å². The van der Waals surface area contributed by atoms with Crippen molar-refractivity contribution in [2.45, 2.75) is 24.9 Å². The molecule has 1 fully saturated rings. The first-order valence-corrected chi connectivity index (χ1v) is 8.85. The van der Waals surface area contributed by atoms with Crippen LogP contribution < -0.4 is 4.90 Å². The van der Waals surface area contributed by atoms with E-state index < -0.39 is 22.5 Å².